The Kier molecular flexibility index (Phi) is 3.15. The van der Waals surface area contributed by atoms with Crippen molar-refractivity contribution >= 4 is 0 Å². The predicted octanol–water partition coefficient (Wildman–Crippen LogP) is 2.26. The highest BCUT2D eigenvalue weighted by Crippen LogP contribution is 2.30. The van der Waals surface area contributed by atoms with E-state index in [9.17, 15) is 13.2 Å². The van der Waals surface area contributed by atoms with E-state index in [4.69, 9.17) is 10.00 Å². The van der Waals surface area contributed by atoms with Crippen molar-refractivity contribution in [1.29, 1.82) is 5.26 Å². The summed E-state index contributed by atoms with van der Waals surface area (Å²) in [6.07, 6.45) is -5.02. The van der Waals surface area contributed by atoms with E-state index in [2.05, 4.69) is 0 Å². The fraction of sp³-hybridized carbons (Fsp3) is 0.875. The normalized spacial score (nSPS) is 29.7. The van der Waals surface area contributed by atoms with Crippen molar-refractivity contribution < 1.29 is 17.9 Å². The summed E-state index contributed by atoms with van der Waals surface area (Å²) < 4.78 is 40.8. The lowest BCUT2D eigenvalue weighted by Crippen LogP contribution is -2.33. The van der Waals surface area contributed by atoms with Gasteiger partial charge in [-0.1, -0.05) is 0 Å². The molecular weight excluding hydrogens is 183 g/mol. The monoisotopic (exact) mass is 193 g/mol. The summed E-state index contributed by atoms with van der Waals surface area (Å²) in [5.41, 5.74) is 0. The second-order valence-electron chi connectivity index (χ2n) is 3.11. The zero-order valence-corrected chi connectivity index (χ0v) is 6.97. The molecule has 0 saturated carbocycles. The fourth-order valence-electron chi connectivity index (χ4n) is 1.42. The van der Waals surface area contributed by atoms with Crippen molar-refractivity contribution in [2.24, 2.45) is 5.92 Å². The number of rotatable bonds is 1. The third kappa shape index (κ3) is 3.23. The van der Waals surface area contributed by atoms with Crippen molar-refractivity contribution in [3.63, 3.8) is 0 Å². The zero-order valence-electron chi connectivity index (χ0n) is 6.97. The molecule has 1 heterocycles. The maximum absolute atomic E-state index is 12.0. The Morgan fingerprint density at radius 3 is 2.69 bits per heavy atom. The number of hydrogen-bond acceptors (Lipinski definition) is 2. The highest BCUT2D eigenvalue weighted by Gasteiger charge is 2.37. The van der Waals surface area contributed by atoms with Crippen LogP contribution >= 0.6 is 0 Å². The SMILES string of the molecule is N#CC1CCCOC1CC(F)(F)F. The van der Waals surface area contributed by atoms with Gasteiger partial charge in [0.25, 0.3) is 0 Å². The molecule has 5 heteroatoms. The molecule has 0 spiro atoms. The Hall–Kier alpha value is -0.760. The zero-order chi connectivity index (χ0) is 9.90. The van der Waals surface area contributed by atoms with Gasteiger partial charge in [0, 0.05) is 6.61 Å². The van der Waals surface area contributed by atoms with Crippen LogP contribution in [0.25, 0.3) is 0 Å². The molecule has 2 nitrogen and oxygen atoms in total. The van der Waals surface area contributed by atoms with Gasteiger partial charge in [-0.2, -0.15) is 18.4 Å². The van der Waals surface area contributed by atoms with Crippen molar-refractivity contribution in [1.82, 2.24) is 0 Å². The molecule has 1 aliphatic heterocycles. The van der Waals surface area contributed by atoms with Gasteiger partial charge in [0.2, 0.25) is 0 Å². The number of ether oxygens (including phenoxy) is 1. The van der Waals surface area contributed by atoms with Gasteiger partial charge in [-0.25, -0.2) is 0 Å². The molecule has 0 aromatic heterocycles. The van der Waals surface area contributed by atoms with Crippen molar-refractivity contribution in [2.75, 3.05) is 6.61 Å². The second kappa shape index (κ2) is 3.97. The molecular formula is C8H10F3NO. The minimum Gasteiger partial charge on any atom is -0.377 e. The van der Waals surface area contributed by atoms with Crippen LogP contribution in [0.15, 0.2) is 0 Å². The third-order valence-corrected chi connectivity index (χ3v) is 2.04. The summed E-state index contributed by atoms with van der Waals surface area (Å²) in [6, 6.07) is 1.85. The molecule has 0 amide bonds. The van der Waals surface area contributed by atoms with Crippen LogP contribution in [0.1, 0.15) is 19.3 Å². The summed E-state index contributed by atoms with van der Waals surface area (Å²) >= 11 is 0. The van der Waals surface area contributed by atoms with Crippen LogP contribution < -0.4 is 0 Å². The van der Waals surface area contributed by atoms with Crippen LogP contribution in [0, 0.1) is 17.2 Å². The van der Waals surface area contributed by atoms with Crippen LogP contribution in [0.4, 0.5) is 13.2 Å². The average Bonchev–Trinajstić information content (AvgIpc) is 2.02. The van der Waals surface area contributed by atoms with Gasteiger partial charge >= 0.3 is 6.18 Å². The minimum atomic E-state index is -4.24. The Morgan fingerprint density at radius 2 is 2.15 bits per heavy atom. The molecule has 0 N–H and O–H groups in total. The topological polar surface area (TPSA) is 33.0 Å². The van der Waals surface area contributed by atoms with Gasteiger partial charge < -0.3 is 4.74 Å². The van der Waals surface area contributed by atoms with Gasteiger partial charge in [-0.3, -0.25) is 0 Å². The summed E-state index contributed by atoms with van der Waals surface area (Å²) in [6.45, 7) is 0.332. The van der Waals surface area contributed by atoms with E-state index in [1.807, 2.05) is 6.07 Å². The standard InChI is InChI=1S/C8H10F3NO/c9-8(10,11)4-7-6(5-12)2-1-3-13-7/h6-7H,1-4H2. The largest absolute Gasteiger partial charge is 0.391 e. The van der Waals surface area contributed by atoms with E-state index < -0.39 is 24.6 Å². The molecule has 0 bridgehead atoms. The molecule has 1 aliphatic rings. The minimum absolute atomic E-state index is 0.332. The molecule has 2 unspecified atom stereocenters. The summed E-state index contributed by atoms with van der Waals surface area (Å²) in [4.78, 5) is 0. The van der Waals surface area contributed by atoms with E-state index in [0.29, 0.717) is 19.4 Å². The average molecular weight is 193 g/mol. The van der Waals surface area contributed by atoms with Crippen molar-refractivity contribution in [3.8, 4) is 6.07 Å². The van der Waals surface area contributed by atoms with Crippen LogP contribution in [0.5, 0.6) is 0 Å². The lowest BCUT2D eigenvalue weighted by Gasteiger charge is -2.27. The van der Waals surface area contributed by atoms with Crippen molar-refractivity contribution in [2.45, 2.75) is 31.5 Å². The number of halogens is 3. The van der Waals surface area contributed by atoms with Gasteiger partial charge in [0.15, 0.2) is 0 Å². The van der Waals surface area contributed by atoms with Crippen LogP contribution in [0.2, 0.25) is 0 Å². The molecule has 0 aliphatic carbocycles. The van der Waals surface area contributed by atoms with E-state index >= 15 is 0 Å². The molecule has 13 heavy (non-hydrogen) atoms. The first-order valence-corrected chi connectivity index (χ1v) is 4.11. The third-order valence-electron chi connectivity index (χ3n) is 2.04. The smallest absolute Gasteiger partial charge is 0.377 e. The quantitative estimate of drug-likeness (QED) is 0.639. The van der Waals surface area contributed by atoms with E-state index in [0.717, 1.165) is 0 Å². The van der Waals surface area contributed by atoms with Gasteiger partial charge in [0.05, 0.1) is 24.5 Å². The molecule has 0 aromatic rings. The molecule has 1 rings (SSSR count). The van der Waals surface area contributed by atoms with E-state index in [1.54, 1.807) is 0 Å². The van der Waals surface area contributed by atoms with Gasteiger partial charge in [0.1, 0.15) is 0 Å². The first-order valence-electron chi connectivity index (χ1n) is 4.11. The van der Waals surface area contributed by atoms with Gasteiger partial charge in [-0.15, -0.1) is 0 Å². The highest BCUT2D eigenvalue weighted by atomic mass is 19.4. The number of alkyl halides is 3. The van der Waals surface area contributed by atoms with Crippen LogP contribution in [-0.2, 0) is 4.74 Å². The lowest BCUT2D eigenvalue weighted by atomic mass is 9.93. The first kappa shape index (κ1) is 10.3. The number of nitrogens with zero attached hydrogens (tertiary/aromatic N) is 1. The number of hydrogen-bond donors (Lipinski definition) is 0. The first-order chi connectivity index (χ1) is 6.03. The summed E-state index contributed by atoms with van der Waals surface area (Å²) in [5, 5.41) is 8.56. The molecule has 0 aromatic carbocycles. The maximum atomic E-state index is 12.0. The van der Waals surface area contributed by atoms with E-state index in [1.165, 1.54) is 0 Å². The predicted molar refractivity (Wildman–Crippen MR) is 38.7 cm³/mol. The summed E-state index contributed by atoms with van der Waals surface area (Å²) in [7, 11) is 0. The second-order valence-corrected chi connectivity index (χ2v) is 3.11. The van der Waals surface area contributed by atoms with Crippen LogP contribution in [-0.4, -0.2) is 18.9 Å². The molecule has 1 saturated heterocycles. The Bertz CT molecular complexity index is 208. The Labute approximate surface area is 74.3 Å². The van der Waals surface area contributed by atoms with Crippen LogP contribution in [0.3, 0.4) is 0 Å². The summed E-state index contributed by atoms with van der Waals surface area (Å²) in [5.74, 6) is -0.602. The molecule has 74 valence electrons. The van der Waals surface area contributed by atoms with Gasteiger partial charge in [-0.05, 0) is 12.8 Å². The molecule has 0 radical (unpaired) electrons. The molecule has 2 atom stereocenters. The Morgan fingerprint density at radius 1 is 1.46 bits per heavy atom. The van der Waals surface area contributed by atoms with Crippen molar-refractivity contribution in [3.05, 3.63) is 0 Å². The molecule has 1 fully saturated rings. The highest BCUT2D eigenvalue weighted by molar-refractivity contribution is 4.91. The maximum Gasteiger partial charge on any atom is 0.391 e. The fourth-order valence-corrected chi connectivity index (χ4v) is 1.42. The Balaban J connectivity index is 2.51. The lowest BCUT2D eigenvalue weighted by molar-refractivity contribution is -0.170. The van der Waals surface area contributed by atoms with E-state index in [-0.39, 0.29) is 0 Å². The number of nitriles is 1.